The first kappa shape index (κ1) is 18.5. The molecule has 0 aromatic heterocycles. The maximum Gasteiger partial charge on any atom is 0.248 e. The van der Waals surface area contributed by atoms with Gasteiger partial charge in [0.25, 0.3) is 0 Å². The van der Waals surface area contributed by atoms with Crippen molar-refractivity contribution in [2.45, 2.75) is 45.4 Å². The highest BCUT2D eigenvalue weighted by atomic mass is 32.2. The average Bonchev–Trinajstić information content (AvgIpc) is 2.92. The molecular weight excluding hydrogens is 356 g/mol. The number of carbonyl (C=O) groups excluding carboxylic acids is 1. The Kier molecular flexibility index (Phi) is 4.99. The van der Waals surface area contributed by atoms with E-state index in [-0.39, 0.29) is 34.6 Å². The maximum absolute atomic E-state index is 12.2. The number of thioether (sulfide) groups is 1. The number of sulfone groups is 1. The predicted octanol–water partition coefficient (Wildman–Crippen LogP) is 2.95. The second-order valence-electron chi connectivity index (χ2n) is 7.35. The van der Waals surface area contributed by atoms with Crippen LogP contribution < -0.4 is 4.90 Å². The van der Waals surface area contributed by atoms with Gasteiger partial charge in [0.2, 0.25) is 5.91 Å². The first-order valence-electron chi connectivity index (χ1n) is 8.51. The van der Waals surface area contributed by atoms with E-state index in [1.165, 1.54) is 11.8 Å². The summed E-state index contributed by atoms with van der Waals surface area (Å²) in [6.45, 7) is 7.99. The molecule has 2 fully saturated rings. The van der Waals surface area contributed by atoms with Crippen molar-refractivity contribution < 1.29 is 13.2 Å². The molecule has 0 unspecified atom stereocenters. The fourth-order valence-corrected chi connectivity index (χ4v) is 7.25. The van der Waals surface area contributed by atoms with Crippen LogP contribution in [0.25, 0.3) is 0 Å². The standard InChI is InChI=1S/C18H24N2O3S2/c1-11(2)7-17(21)19-18-20(14-8-12(3)5-6-13(14)4)15-9-25(22,23)10-16(15)24-18/h5-6,8,11,15-16H,7,9-10H2,1-4H3/t15-,16+/m1/s1. The molecule has 2 aliphatic heterocycles. The highest BCUT2D eigenvalue weighted by Gasteiger charge is 2.49. The van der Waals surface area contributed by atoms with Gasteiger partial charge in [0.05, 0.1) is 17.5 Å². The van der Waals surface area contributed by atoms with Crippen LogP contribution >= 0.6 is 11.8 Å². The van der Waals surface area contributed by atoms with Crippen LogP contribution in [0.1, 0.15) is 31.4 Å². The highest BCUT2D eigenvalue weighted by Crippen LogP contribution is 2.42. The van der Waals surface area contributed by atoms with Gasteiger partial charge in [0.1, 0.15) is 0 Å². The number of benzene rings is 1. The average molecular weight is 381 g/mol. The molecule has 1 amide bonds. The summed E-state index contributed by atoms with van der Waals surface area (Å²) in [5.74, 6) is 0.379. The zero-order chi connectivity index (χ0) is 18.4. The fourth-order valence-electron chi connectivity index (χ4n) is 3.33. The van der Waals surface area contributed by atoms with Gasteiger partial charge in [-0.05, 0) is 37.0 Å². The molecule has 2 saturated heterocycles. The molecule has 0 N–H and O–H groups in total. The second kappa shape index (κ2) is 6.76. The monoisotopic (exact) mass is 380 g/mol. The third kappa shape index (κ3) is 3.92. The van der Waals surface area contributed by atoms with E-state index in [9.17, 15) is 13.2 Å². The van der Waals surface area contributed by atoms with Crippen LogP contribution in [-0.4, -0.2) is 42.3 Å². The predicted molar refractivity (Wildman–Crippen MR) is 104 cm³/mol. The Morgan fingerprint density at radius 1 is 1.32 bits per heavy atom. The lowest BCUT2D eigenvalue weighted by molar-refractivity contribution is -0.118. The van der Waals surface area contributed by atoms with Gasteiger partial charge in [-0.1, -0.05) is 37.7 Å². The number of aryl methyl sites for hydroxylation is 2. The van der Waals surface area contributed by atoms with Crippen molar-refractivity contribution in [1.29, 1.82) is 0 Å². The molecule has 2 atom stereocenters. The van der Waals surface area contributed by atoms with Gasteiger partial charge in [-0.15, -0.1) is 0 Å². The van der Waals surface area contributed by atoms with Crippen LogP contribution in [0, 0.1) is 19.8 Å². The quantitative estimate of drug-likeness (QED) is 0.806. The molecule has 136 valence electrons. The molecule has 7 heteroatoms. The summed E-state index contributed by atoms with van der Waals surface area (Å²) in [5, 5.41) is 0.583. The first-order chi connectivity index (χ1) is 11.7. The van der Waals surface area contributed by atoms with Gasteiger partial charge >= 0.3 is 0 Å². The van der Waals surface area contributed by atoms with E-state index < -0.39 is 9.84 Å². The van der Waals surface area contributed by atoms with Crippen molar-refractivity contribution in [3.8, 4) is 0 Å². The number of aliphatic imine (C=N–C) groups is 1. The Morgan fingerprint density at radius 3 is 2.72 bits per heavy atom. The van der Waals surface area contributed by atoms with Gasteiger partial charge in [0, 0.05) is 17.4 Å². The molecule has 0 spiro atoms. The summed E-state index contributed by atoms with van der Waals surface area (Å²) < 4.78 is 24.2. The van der Waals surface area contributed by atoms with Crippen LogP contribution in [-0.2, 0) is 14.6 Å². The molecule has 0 aliphatic carbocycles. The van der Waals surface area contributed by atoms with Crippen LogP contribution in [0.5, 0.6) is 0 Å². The van der Waals surface area contributed by atoms with Crippen LogP contribution in [0.4, 0.5) is 5.69 Å². The van der Waals surface area contributed by atoms with Gasteiger partial charge in [-0.25, -0.2) is 8.42 Å². The Balaban J connectivity index is 2.02. The molecule has 0 saturated carbocycles. The molecule has 2 heterocycles. The fraction of sp³-hybridized carbons (Fsp3) is 0.556. The molecule has 1 aromatic rings. The smallest absolute Gasteiger partial charge is 0.248 e. The van der Waals surface area contributed by atoms with E-state index in [4.69, 9.17) is 0 Å². The third-order valence-electron chi connectivity index (χ3n) is 4.49. The largest absolute Gasteiger partial charge is 0.315 e. The molecule has 1 aromatic carbocycles. The van der Waals surface area contributed by atoms with Crippen molar-refractivity contribution in [2.75, 3.05) is 16.4 Å². The normalized spacial score (nSPS) is 26.4. The lowest BCUT2D eigenvalue weighted by Crippen LogP contribution is -2.38. The van der Waals surface area contributed by atoms with Gasteiger partial charge in [0.15, 0.2) is 15.0 Å². The van der Waals surface area contributed by atoms with Gasteiger partial charge in [-0.3, -0.25) is 4.79 Å². The SMILES string of the molecule is Cc1ccc(C)c(N2C(=NC(=O)CC(C)C)S[C@H]3CS(=O)(=O)C[C@H]32)c1. The van der Waals surface area contributed by atoms with E-state index >= 15 is 0 Å². The summed E-state index contributed by atoms with van der Waals surface area (Å²) in [5.41, 5.74) is 3.11. The minimum atomic E-state index is -3.04. The third-order valence-corrected chi connectivity index (χ3v) is 7.70. The summed E-state index contributed by atoms with van der Waals surface area (Å²) in [6.07, 6.45) is 0.401. The lowest BCUT2D eigenvalue weighted by Gasteiger charge is -2.26. The van der Waals surface area contributed by atoms with Crippen molar-refractivity contribution in [3.05, 3.63) is 29.3 Å². The number of rotatable bonds is 3. The maximum atomic E-state index is 12.2. The summed E-state index contributed by atoms with van der Waals surface area (Å²) in [4.78, 5) is 18.6. The number of nitrogens with zero attached hydrogens (tertiary/aromatic N) is 2. The molecule has 2 aliphatic rings. The Labute approximate surface area is 153 Å². The topological polar surface area (TPSA) is 66.8 Å². The highest BCUT2D eigenvalue weighted by molar-refractivity contribution is 8.16. The Morgan fingerprint density at radius 2 is 2.04 bits per heavy atom. The van der Waals surface area contributed by atoms with Crippen LogP contribution in [0.3, 0.4) is 0 Å². The number of hydrogen-bond acceptors (Lipinski definition) is 4. The summed E-state index contributed by atoms with van der Waals surface area (Å²) >= 11 is 1.43. The number of fused-ring (bicyclic) bond motifs is 1. The van der Waals surface area contributed by atoms with Crippen molar-refractivity contribution in [1.82, 2.24) is 0 Å². The number of amides is 1. The van der Waals surface area contributed by atoms with E-state index in [2.05, 4.69) is 4.99 Å². The number of hydrogen-bond donors (Lipinski definition) is 0. The second-order valence-corrected chi connectivity index (χ2v) is 10.7. The van der Waals surface area contributed by atoms with E-state index in [1.54, 1.807) is 0 Å². The van der Waals surface area contributed by atoms with Crippen molar-refractivity contribution >= 4 is 38.4 Å². The zero-order valence-corrected chi connectivity index (χ0v) is 16.7. The Hall–Kier alpha value is -1.34. The van der Waals surface area contributed by atoms with Crippen molar-refractivity contribution in [3.63, 3.8) is 0 Å². The molecule has 0 radical (unpaired) electrons. The number of carbonyl (C=O) groups is 1. The number of amidine groups is 1. The number of anilines is 1. The first-order valence-corrected chi connectivity index (χ1v) is 11.2. The molecule has 3 rings (SSSR count). The lowest BCUT2D eigenvalue weighted by atomic mass is 10.1. The molecule has 0 bridgehead atoms. The summed E-state index contributed by atoms with van der Waals surface area (Å²) in [6, 6.07) is 5.96. The Bertz CT molecular complexity index is 831. The minimum Gasteiger partial charge on any atom is -0.315 e. The molecule has 25 heavy (non-hydrogen) atoms. The molecular formula is C18H24N2O3S2. The van der Waals surface area contributed by atoms with E-state index in [0.717, 1.165) is 16.8 Å². The summed E-state index contributed by atoms with van der Waals surface area (Å²) in [7, 11) is -3.04. The van der Waals surface area contributed by atoms with Crippen molar-refractivity contribution in [2.24, 2.45) is 10.9 Å². The molecule has 5 nitrogen and oxygen atoms in total. The van der Waals surface area contributed by atoms with Crippen LogP contribution in [0.15, 0.2) is 23.2 Å². The van der Waals surface area contributed by atoms with E-state index in [1.807, 2.05) is 50.8 Å². The van der Waals surface area contributed by atoms with E-state index in [0.29, 0.717) is 11.6 Å². The minimum absolute atomic E-state index is 0.0597. The van der Waals surface area contributed by atoms with Gasteiger partial charge in [-0.2, -0.15) is 4.99 Å². The van der Waals surface area contributed by atoms with Gasteiger partial charge < -0.3 is 4.90 Å². The zero-order valence-electron chi connectivity index (χ0n) is 15.0. The van der Waals surface area contributed by atoms with Crippen LogP contribution in [0.2, 0.25) is 0 Å².